The van der Waals surface area contributed by atoms with Gasteiger partial charge in [0.15, 0.2) is 5.82 Å². The first kappa shape index (κ1) is 31.8. The summed E-state index contributed by atoms with van der Waals surface area (Å²) in [6.07, 6.45) is -0.743. The number of rotatable bonds is 4. The Morgan fingerprint density at radius 2 is 1.83 bits per heavy atom. The summed E-state index contributed by atoms with van der Waals surface area (Å²) in [6.45, 7) is 8.91. The first-order valence-electron chi connectivity index (χ1n) is 15.4. The molecule has 1 fully saturated rings. The number of carbonyl (C=O) groups is 2. The Balaban J connectivity index is 1.38. The van der Waals surface area contributed by atoms with E-state index in [4.69, 9.17) is 14.5 Å². The highest BCUT2D eigenvalue weighted by Crippen LogP contribution is 2.50. The average molecular weight is 643 g/mol. The van der Waals surface area contributed by atoms with Crippen molar-refractivity contribution >= 4 is 29.0 Å². The van der Waals surface area contributed by atoms with Crippen LogP contribution in [0.3, 0.4) is 0 Å². The first-order chi connectivity index (χ1) is 21.6. The molecule has 46 heavy (non-hydrogen) atoms. The standard InChI is InChI=1S/C32H37F3N6O5/c1-19-17-31(11-13-39(14-12-31)29(44)46-30(2,3)4)24-25(19)40(18-23(42)36-22-7-5-21(6-8-22)32(33,34)35)28-37-26(38-41(28)27(24)43)20-9-15-45-16-10-20/h5-9,19H,10-18H2,1-4H3,(H,36,42). The third kappa shape index (κ3) is 6.02. The molecule has 0 saturated carbocycles. The van der Waals surface area contributed by atoms with Crippen molar-refractivity contribution in [2.75, 3.05) is 31.6 Å². The van der Waals surface area contributed by atoms with E-state index in [1.54, 1.807) is 9.47 Å². The van der Waals surface area contributed by atoms with Gasteiger partial charge in [0.2, 0.25) is 11.7 Å². The van der Waals surface area contributed by atoms with Gasteiger partial charge in [0, 0.05) is 35.4 Å². The Morgan fingerprint density at radius 1 is 1.13 bits per heavy atom. The largest absolute Gasteiger partial charge is 0.444 e. The maximum absolute atomic E-state index is 14.3. The number of nitrogens with zero attached hydrogens (tertiary/aromatic N) is 5. The molecule has 1 N–H and O–H groups in total. The molecular weight excluding hydrogens is 605 g/mol. The molecule has 1 saturated heterocycles. The number of likely N-dealkylation sites (tertiary alicyclic amines) is 1. The van der Waals surface area contributed by atoms with Crippen molar-refractivity contribution in [2.24, 2.45) is 0 Å². The predicted molar refractivity (Wildman–Crippen MR) is 162 cm³/mol. The van der Waals surface area contributed by atoms with Crippen molar-refractivity contribution in [3.63, 3.8) is 0 Å². The van der Waals surface area contributed by atoms with Crippen LogP contribution < -0.4 is 10.9 Å². The third-order valence-electron chi connectivity index (χ3n) is 8.90. The number of amides is 2. The van der Waals surface area contributed by atoms with Crippen LogP contribution in [0, 0.1) is 0 Å². The minimum atomic E-state index is -4.49. The number of piperidine rings is 1. The highest BCUT2D eigenvalue weighted by Gasteiger charge is 2.49. The molecule has 6 rings (SSSR count). The Kier molecular flexibility index (Phi) is 7.98. The van der Waals surface area contributed by atoms with Gasteiger partial charge in [-0.1, -0.05) is 13.0 Å². The predicted octanol–water partition coefficient (Wildman–Crippen LogP) is 5.13. The van der Waals surface area contributed by atoms with Crippen LogP contribution in [0.1, 0.15) is 81.9 Å². The molecule has 1 aromatic carbocycles. The molecule has 3 aromatic rings. The van der Waals surface area contributed by atoms with Crippen LogP contribution in [-0.4, -0.2) is 68.0 Å². The number of aromatic nitrogens is 4. The monoisotopic (exact) mass is 642 g/mol. The summed E-state index contributed by atoms with van der Waals surface area (Å²) < 4.78 is 53.2. The fourth-order valence-corrected chi connectivity index (χ4v) is 6.88. The van der Waals surface area contributed by atoms with Crippen LogP contribution in [0.2, 0.25) is 0 Å². The van der Waals surface area contributed by atoms with Crippen LogP contribution in [0.5, 0.6) is 0 Å². The second kappa shape index (κ2) is 11.6. The number of fused-ring (bicyclic) bond motifs is 3. The van der Waals surface area contributed by atoms with E-state index in [1.165, 1.54) is 16.6 Å². The zero-order valence-electron chi connectivity index (χ0n) is 26.2. The quantitative estimate of drug-likeness (QED) is 0.419. The maximum atomic E-state index is 14.3. The van der Waals surface area contributed by atoms with Gasteiger partial charge in [-0.15, -0.1) is 5.10 Å². The Bertz CT molecular complexity index is 1760. The summed E-state index contributed by atoms with van der Waals surface area (Å²) in [5.41, 5.74) is -0.00260. The lowest BCUT2D eigenvalue weighted by atomic mass is 9.74. The van der Waals surface area contributed by atoms with Crippen molar-refractivity contribution in [1.29, 1.82) is 0 Å². The fourth-order valence-electron chi connectivity index (χ4n) is 6.88. The van der Waals surface area contributed by atoms with Gasteiger partial charge < -0.3 is 24.3 Å². The Morgan fingerprint density at radius 3 is 2.43 bits per heavy atom. The number of anilines is 1. The van der Waals surface area contributed by atoms with E-state index < -0.39 is 34.8 Å². The number of alkyl halides is 3. The number of ether oxygens (including phenoxy) is 2. The first-order valence-corrected chi connectivity index (χ1v) is 15.4. The summed E-state index contributed by atoms with van der Waals surface area (Å²) in [5, 5.41) is 7.29. The van der Waals surface area contributed by atoms with Crippen LogP contribution in [0.4, 0.5) is 23.7 Å². The van der Waals surface area contributed by atoms with Gasteiger partial charge in [-0.2, -0.15) is 22.7 Å². The molecule has 4 heterocycles. The lowest BCUT2D eigenvalue weighted by molar-refractivity contribution is -0.137. The van der Waals surface area contributed by atoms with Gasteiger partial charge in [-0.25, -0.2) is 4.79 Å². The number of nitrogens with one attached hydrogen (secondary N) is 1. The van der Waals surface area contributed by atoms with Crippen molar-refractivity contribution < 1.29 is 32.2 Å². The highest BCUT2D eigenvalue weighted by atomic mass is 19.4. The molecule has 2 amide bonds. The van der Waals surface area contributed by atoms with Gasteiger partial charge in [0.05, 0.1) is 18.8 Å². The van der Waals surface area contributed by atoms with E-state index in [1.807, 2.05) is 33.8 Å². The number of hydrogen-bond donors (Lipinski definition) is 1. The zero-order chi connectivity index (χ0) is 33.0. The molecule has 0 radical (unpaired) electrons. The molecular formula is C32H37F3N6O5. The molecule has 2 aromatic heterocycles. The second-order valence-electron chi connectivity index (χ2n) is 13.3. The SMILES string of the molecule is CC1CC2(CCN(C(=O)OC(C)(C)C)CC2)c2c1n(CC(=O)Nc1ccc(C(F)(F)F)cc1)c1nc(C3=CCOCC3)nn1c2=O. The van der Waals surface area contributed by atoms with Crippen LogP contribution in [0.15, 0.2) is 35.1 Å². The summed E-state index contributed by atoms with van der Waals surface area (Å²) in [6, 6.07) is 4.23. The van der Waals surface area contributed by atoms with E-state index in [-0.39, 0.29) is 29.5 Å². The van der Waals surface area contributed by atoms with E-state index in [0.29, 0.717) is 69.1 Å². The number of hydrogen-bond acceptors (Lipinski definition) is 7. The van der Waals surface area contributed by atoms with Crippen LogP contribution >= 0.6 is 0 Å². The summed E-state index contributed by atoms with van der Waals surface area (Å²) in [4.78, 5) is 46.9. The van der Waals surface area contributed by atoms with Gasteiger partial charge in [-0.05, 0) is 82.2 Å². The summed E-state index contributed by atoms with van der Waals surface area (Å²) in [5.74, 6) is -0.0245. The van der Waals surface area contributed by atoms with E-state index in [9.17, 15) is 27.6 Å². The summed E-state index contributed by atoms with van der Waals surface area (Å²) in [7, 11) is 0. The molecule has 3 aliphatic rings. The number of benzene rings is 1. The Hall–Kier alpha value is -4.20. The molecule has 1 spiro atoms. The normalized spacial score (nSPS) is 19.7. The van der Waals surface area contributed by atoms with Gasteiger partial charge in [0.1, 0.15) is 12.1 Å². The van der Waals surface area contributed by atoms with Gasteiger partial charge in [0.25, 0.3) is 5.56 Å². The van der Waals surface area contributed by atoms with E-state index >= 15 is 0 Å². The molecule has 2 aliphatic heterocycles. The topological polar surface area (TPSA) is 120 Å². The smallest absolute Gasteiger partial charge is 0.416 e. The van der Waals surface area contributed by atoms with Crippen molar-refractivity contribution in [2.45, 2.75) is 83.0 Å². The second-order valence-corrected chi connectivity index (χ2v) is 13.3. The zero-order valence-corrected chi connectivity index (χ0v) is 26.2. The van der Waals surface area contributed by atoms with Crippen LogP contribution in [-0.2, 0) is 32.4 Å². The Labute approximate surface area is 263 Å². The molecule has 246 valence electrons. The molecule has 14 heteroatoms. The van der Waals surface area contributed by atoms with Crippen LogP contribution in [0.25, 0.3) is 11.4 Å². The average Bonchev–Trinajstić information content (AvgIpc) is 3.55. The molecule has 1 unspecified atom stereocenters. The van der Waals surface area contributed by atoms with Crippen molar-refractivity contribution in [3.8, 4) is 0 Å². The van der Waals surface area contributed by atoms with Gasteiger partial charge >= 0.3 is 12.3 Å². The number of halogens is 3. The fraction of sp³-hybridized carbons (Fsp3) is 0.531. The number of carbonyl (C=O) groups excluding carboxylic acids is 2. The van der Waals surface area contributed by atoms with E-state index in [0.717, 1.165) is 17.7 Å². The minimum Gasteiger partial charge on any atom is -0.444 e. The molecule has 1 atom stereocenters. The lowest BCUT2D eigenvalue weighted by Gasteiger charge is -2.40. The minimum absolute atomic E-state index is 0.123. The highest BCUT2D eigenvalue weighted by molar-refractivity contribution is 5.91. The van der Waals surface area contributed by atoms with Crippen molar-refractivity contribution in [1.82, 2.24) is 24.1 Å². The lowest BCUT2D eigenvalue weighted by Crippen LogP contribution is -2.48. The molecule has 1 aliphatic carbocycles. The summed E-state index contributed by atoms with van der Waals surface area (Å²) >= 11 is 0. The maximum Gasteiger partial charge on any atom is 0.416 e. The molecule has 0 bridgehead atoms. The van der Waals surface area contributed by atoms with Gasteiger partial charge in [-0.3, -0.25) is 9.59 Å². The third-order valence-corrected chi connectivity index (χ3v) is 8.90. The van der Waals surface area contributed by atoms with Crippen molar-refractivity contribution in [3.05, 3.63) is 63.3 Å². The molecule has 11 nitrogen and oxygen atoms in total. The van der Waals surface area contributed by atoms with E-state index in [2.05, 4.69) is 10.4 Å².